The van der Waals surface area contributed by atoms with Crippen LogP contribution in [0.3, 0.4) is 0 Å². The molecule has 0 atom stereocenters. The van der Waals surface area contributed by atoms with Crippen LogP contribution in [0.4, 0.5) is 11.4 Å². The average Bonchev–Trinajstić information content (AvgIpc) is 3.21. The van der Waals surface area contributed by atoms with Gasteiger partial charge in [-0.3, -0.25) is 9.59 Å². The van der Waals surface area contributed by atoms with Crippen LogP contribution in [-0.2, 0) is 14.3 Å². The standard InChI is InChI=1S/C20H23N3O3S/c1-22(20(25)9-8-18-3-2-14-27-18)15-19(24)21-16-4-6-17(7-5-16)23-10-12-26-13-11-23/h2-9,14H,10-13,15H2,1H3,(H,21,24). The number of likely N-dealkylation sites (N-methyl/N-ethyl adjacent to an activating group) is 1. The minimum Gasteiger partial charge on any atom is -0.378 e. The number of morpholine rings is 1. The minimum atomic E-state index is -0.227. The lowest BCUT2D eigenvalue weighted by Gasteiger charge is -2.28. The minimum absolute atomic E-state index is 0.00116. The molecule has 2 heterocycles. The molecule has 6 nitrogen and oxygen atoms in total. The zero-order valence-corrected chi connectivity index (χ0v) is 16.1. The molecule has 2 amide bonds. The van der Waals surface area contributed by atoms with Gasteiger partial charge in [-0.25, -0.2) is 0 Å². The third kappa shape index (κ3) is 5.67. The summed E-state index contributed by atoms with van der Waals surface area (Å²) in [6.07, 6.45) is 3.24. The van der Waals surface area contributed by atoms with Crippen molar-refractivity contribution >= 4 is 40.6 Å². The summed E-state index contributed by atoms with van der Waals surface area (Å²) in [7, 11) is 1.61. The van der Waals surface area contributed by atoms with Gasteiger partial charge in [-0.2, -0.15) is 0 Å². The lowest BCUT2D eigenvalue weighted by Crippen LogP contribution is -2.36. The van der Waals surface area contributed by atoms with Crippen LogP contribution >= 0.6 is 11.3 Å². The van der Waals surface area contributed by atoms with Crippen molar-refractivity contribution in [3.8, 4) is 0 Å². The van der Waals surface area contributed by atoms with Crippen molar-refractivity contribution in [1.29, 1.82) is 0 Å². The van der Waals surface area contributed by atoms with Crippen LogP contribution in [0.1, 0.15) is 4.88 Å². The van der Waals surface area contributed by atoms with E-state index in [1.165, 1.54) is 11.0 Å². The topological polar surface area (TPSA) is 61.9 Å². The summed E-state index contributed by atoms with van der Waals surface area (Å²) in [4.78, 5) is 28.9. The number of carbonyl (C=O) groups excluding carboxylic acids is 2. The van der Waals surface area contributed by atoms with Crippen LogP contribution in [0.25, 0.3) is 6.08 Å². The van der Waals surface area contributed by atoms with Gasteiger partial charge in [-0.15, -0.1) is 11.3 Å². The van der Waals surface area contributed by atoms with E-state index >= 15 is 0 Å². The van der Waals surface area contributed by atoms with E-state index in [0.29, 0.717) is 5.69 Å². The van der Waals surface area contributed by atoms with Gasteiger partial charge in [0.25, 0.3) is 0 Å². The zero-order valence-electron chi connectivity index (χ0n) is 15.3. The number of hydrogen-bond donors (Lipinski definition) is 1. The SMILES string of the molecule is CN(CC(=O)Nc1ccc(N2CCOCC2)cc1)C(=O)C=Cc1cccs1. The number of anilines is 2. The second kappa shape index (κ2) is 9.34. The zero-order chi connectivity index (χ0) is 19.1. The first kappa shape index (κ1) is 19.1. The second-order valence-electron chi connectivity index (χ2n) is 6.24. The van der Waals surface area contributed by atoms with Gasteiger partial charge in [-0.05, 0) is 41.8 Å². The highest BCUT2D eigenvalue weighted by Gasteiger charge is 2.13. The summed E-state index contributed by atoms with van der Waals surface area (Å²) >= 11 is 1.56. The number of rotatable bonds is 6. The Labute approximate surface area is 163 Å². The maximum atomic E-state index is 12.2. The molecule has 7 heteroatoms. The maximum Gasteiger partial charge on any atom is 0.246 e. The number of carbonyl (C=O) groups is 2. The fraction of sp³-hybridized carbons (Fsp3) is 0.300. The Bertz CT molecular complexity index is 781. The van der Waals surface area contributed by atoms with Crippen LogP contribution < -0.4 is 10.2 Å². The van der Waals surface area contributed by atoms with E-state index in [-0.39, 0.29) is 18.4 Å². The molecule has 0 saturated carbocycles. The number of benzene rings is 1. The van der Waals surface area contributed by atoms with E-state index in [4.69, 9.17) is 4.74 Å². The molecule has 1 aliphatic heterocycles. The van der Waals surface area contributed by atoms with Gasteiger partial charge in [0, 0.05) is 42.5 Å². The van der Waals surface area contributed by atoms with E-state index in [0.717, 1.165) is 36.9 Å². The summed E-state index contributed by atoms with van der Waals surface area (Å²) < 4.78 is 5.36. The van der Waals surface area contributed by atoms with Gasteiger partial charge in [0.2, 0.25) is 11.8 Å². The molecule has 1 aromatic carbocycles. The molecule has 142 valence electrons. The van der Waals surface area contributed by atoms with Crippen molar-refractivity contribution in [2.24, 2.45) is 0 Å². The van der Waals surface area contributed by atoms with Crippen molar-refractivity contribution < 1.29 is 14.3 Å². The molecule has 0 bridgehead atoms. The highest BCUT2D eigenvalue weighted by Crippen LogP contribution is 2.19. The van der Waals surface area contributed by atoms with Crippen molar-refractivity contribution in [3.63, 3.8) is 0 Å². The maximum absolute atomic E-state index is 12.2. The molecule has 1 aromatic heterocycles. The van der Waals surface area contributed by atoms with Gasteiger partial charge in [-0.1, -0.05) is 6.07 Å². The Hall–Kier alpha value is -2.64. The van der Waals surface area contributed by atoms with Crippen LogP contribution in [0, 0.1) is 0 Å². The highest BCUT2D eigenvalue weighted by molar-refractivity contribution is 7.10. The first-order chi connectivity index (χ1) is 13.1. The molecular formula is C20H23N3O3S. The van der Waals surface area contributed by atoms with Gasteiger partial charge < -0.3 is 19.9 Å². The smallest absolute Gasteiger partial charge is 0.246 e. The van der Waals surface area contributed by atoms with Gasteiger partial charge in [0.15, 0.2) is 0 Å². The quantitative estimate of drug-likeness (QED) is 0.777. The molecule has 0 spiro atoms. The fourth-order valence-electron chi connectivity index (χ4n) is 2.74. The largest absolute Gasteiger partial charge is 0.378 e. The number of thiophene rings is 1. The Kier molecular flexibility index (Phi) is 6.62. The molecule has 1 saturated heterocycles. The Morgan fingerprint density at radius 2 is 1.96 bits per heavy atom. The molecule has 3 rings (SSSR count). The van der Waals surface area contributed by atoms with Crippen LogP contribution in [0.15, 0.2) is 47.9 Å². The van der Waals surface area contributed by atoms with E-state index in [1.54, 1.807) is 24.5 Å². The van der Waals surface area contributed by atoms with Gasteiger partial charge in [0.05, 0.1) is 19.8 Å². The number of ether oxygens (including phenoxy) is 1. The Morgan fingerprint density at radius 3 is 2.63 bits per heavy atom. The highest BCUT2D eigenvalue weighted by atomic mass is 32.1. The van der Waals surface area contributed by atoms with Crippen molar-refractivity contribution in [2.45, 2.75) is 0 Å². The molecular weight excluding hydrogens is 362 g/mol. The van der Waals surface area contributed by atoms with E-state index in [2.05, 4.69) is 10.2 Å². The number of hydrogen-bond acceptors (Lipinski definition) is 5. The first-order valence-electron chi connectivity index (χ1n) is 8.81. The Morgan fingerprint density at radius 1 is 1.22 bits per heavy atom. The van der Waals surface area contributed by atoms with Crippen LogP contribution in [0.5, 0.6) is 0 Å². The second-order valence-corrected chi connectivity index (χ2v) is 7.22. The molecule has 1 N–H and O–H groups in total. The molecule has 2 aromatic rings. The summed E-state index contributed by atoms with van der Waals surface area (Å²) in [6.45, 7) is 3.22. The Balaban J connectivity index is 1.48. The van der Waals surface area contributed by atoms with Gasteiger partial charge in [0.1, 0.15) is 0 Å². The molecule has 1 fully saturated rings. The molecule has 1 aliphatic rings. The molecule has 27 heavy (non-hydrogen) atoms. The third-order valence-corrected chi connectivity index (χ3v) is 5.06. The van der Waals surface area contributed by atoms with Crippen LogP contribution in [-0.4, -0.2) is 56.6 Å². The normalized spacial score (nSPS) is 14.3. The van der Waals surface area contributed by atoms with Crippen LogP contribution in [0.2, 0.25) is 0 Å². The van der Waals surface area contributed by atoms with Crippen molar-refractivity contribution in [3.05, 3.63) is 52.7 Å². The number of nitrogens with one attached hydrogen (secondary N) is 1. The molecule has 0 unspecified atom stereocenters. The van der Waals surface area contributed by atoms with Crippen molar-refractivity contribution in [2.75, 3.05) is 50.1 Å². The third-order valence-electron chi connectivity index (χ3n) is 4.22. The summed E-state index contributed by atoms with van der Waals surface area (Å²) in [5.74, 6) is -0.435. The lowest BCUT2D eigenvalue weighted by atomic mass is 10.2. The molecule has 0 radical (unpaired) electrons. The predicted octanol–water partition coefficient (Wildman–Crippen LogP) is 2.70. The first-order valence-corrected chi connectivity index (χ1v) is 9.69. The average molecular weight is 385 g/mol. The fourth-order valence-corrected chi connectivity index (χ4v) is 3.36. The number of amides is 2. The summed E-state index contributed by atoms with van der Waals surface area (Å²) in [5.41, 5.74) is 1.83. The monoisotopic (exact) mass is 385 g/mol. The number of nitrogens with zero attached hydrogens (tertiary/aromatic N) is 2. The van der Waals surface area contributed by atoms with E-state index in [9.17, 15) is 9.59 Å². The molecule has 0 aliphatic carbocycles. The van der Waals surface area contributed by atoms with E-state index in [1.807, 2.05) is 41.8 Å². The van der Waals surface area contributed by atoms with E-state index < -0.39 is 0 Å². The van der Waals surface area contributed by atoms with Crippen molar-refractivity contribution in [1.82, 2.24) is 4.90 Å². The van der Waals surface area contributed by atoms with Gasteiger partial charge >= 0.3 is 0 Å². The lowest BCUT2D eigenvalue weighted by molar-refractivity contribution is -0.129. The predicted molar refractivity (Wildman–Crippen MR) is 109 cm³/mol. The summed E-state index contributed by atoms with van der Waals surface area (Å²) in [5, 5.41) is 4.78. The summed E-state index contributed by atoms with van der Waals surface area (Å²) in [6, 6.07) is 11.6.